The zero-order valence-corrected chi connectivity index (χ0v) is 13.8. The minimum atomic E-state index is -3.53. The van der Waals surface area contributed by atoms with Crippen LogP contribution in [0.3, 0.4) is 0 Å². The second kappa shape index (κ2) is 6.66. The van der Waals surface area contributed by atoms with Gasteiger partial charge >= 0.3 is 0 Å². The summed E-state index contributed by atoms with van der Waals surface area (Å²) < 4.78 is 27.3. The molecule has 2 rings (SSSR count). The van der Waals surface area contributed by atoms with Crippen LogP contribution >= 0.6 is 22.7 Å². The zero-order valence-electron chi connectivity index (χ0n) is 11.3. The number of aryl methyl sites for hydroxylation is 1. The summed E-state index contributed by atoms with van der Waals surface area (Å²) in [5, 5.41) is 5.41. The third kappa shape index (κ3) is 3.78. The van der Waals surface area contributed by atoms with Gasteiger partial charge in [-0.3, -0.25) is 4.72 Å². The van der Waals surface area contributed by atoms with Crippen LogP contribution in [0.1, 0.15) is 23.8 Å². The first-order chi connectivity index (χ1) is 9.53. The largest absolute Gasteiger partial charge is 0.312 e. The standard InChI is InChI=1S/C12H17N3O2S3/c1-3-4-13-8-10-9(2)7-11(19-10)20(16,17)15-12-14-5-6-18-12/h5-7,13H,3-4,8H2,1-2H3,(H,14,15). The van der Waals surface area contributed by atoms with Gasteiger partial charge in [0.2, 0.25) is 0 Å². The Labute approximate surface area is 127 Å². The maximum Gasteiger partial charge on any atom is 0.273 e. The number of thiazole rings is 1. The van der Waals surface area contributed by atoms with Gasteiger partial charge in [0.25, 0.3) is 10.0 Å². The number of hydrogen-bond acceptors (Lipinski definition) is 6. The predicted octanol–water partition coefficient (Wildman–Crippen LogP) is 2.81. The third-order valence-corrected chi connectivity index (χ3v) is 6.50. The number of rotatable bonds is 7. The third-order valence-electron chi connectivity index (χ3n) is 2.63. The lowest BCUT2D eigenvalue weighted by Crippen LogP contribution is -2.13. The Hall–Kier alpha value is -0.960. The van der Waals surface area contributed by atoms with Crippen LogP contribution in [0.25, 0.3) is 0 Å². The maximum absolute atomic E-state index is 12.2. The van der Waals surface area contributed by atoms with Gasteiger partial charge in [-0.2, -0.15) is 0 Å². The van der Waals surface area contributed by atoms with Gasteiger partial charge in [-0.15, -0.1) is 22.7 Å². The van der Waals surface area contributed by atoms with Crippen LogP contribution in [0, 0.1) is 6.92 Å². The van der Waals surface area contributed by atoms with Crippen LogP contribution < -0.4 is 10.0 Å². The number of sulfonamides is 1. The molecule has 5 nitrogen and oxygen atoms in total. The second-order valence-corrected chi connectivity index (χ2v) is 8.23. The molecule has 0 fully saturated rings. The average molecular weight is 331 g/mol. The van der Waals surface area contributed by atoms with E-state index in [1.54, 1.807) is 17.6 Å². The molecule has 0 aliphatic carbocycles. The van der Waals surface area contributed by atoms with Crippen molar-refractivity contribution in [2.45, 2.75) is 31.0 Å². The number of aromatic nitrogens is 1. The van der Waals surface area contributed by atoms with Gasteiger partial charge in [-0.05, 0) is 31.5 Å². The molecule has 0 unspecified atom stereocenters. The van der Waals surface area contributed by atoms with Crippen LogP contribution in [0.5, 0.6) is 0 Å². The molecule has 2 N–H and O–H groups in total. The van der Waals surface area contributed by atoms with E-state index in [1.807, 2.05) is 6.92 Å². The highest BCUT2D eigenvalue weighted by atomic mass is 32.2. The summed E-state index contributed by atoms with van der Waals surface area (Å²) >= 11 is 2.57. The Morgan fingerprint density at radius 2 is 2.20 bits per heavy atom. The van der Waals surface area contributed by atoms with E-state index in [4.69, 9.17) is 0 Å². The molecule has 110 valence electrons. The Kier molecular flexibility index (Phi) is 5.14. The number of nitrogens with one attached hydrogen (secondary N) is 2. The molecule has 0 aliphatic heterocycles. The summed E-state index contributed by atoms with van der Waals surface area (Å²) in [7, 11) is -3.53. The fourth-order valence-electron chi connectivity index (χ4n) is 1.61. The molecule has 0 saturated carbocycles. The number of anilines is 1. The smallest absolute Gasteiger partial charge is 0.273 e. The lowest BCUT2D eigenvalue weighted by Gasteiger charge is -2.02. The highest BCUT2D eigenvalue weighted by Gasteiger charge is 2.19. The molecular formula is C12H17N3O2S3. The summed E-state index contributed by atoms with van der Waals surface area (Å²) in [4.78, 5) is 4.99. The molecule has 0 atom stereocenters. The summed E-state index contributed by atoms with van der Waals surface area (Å²) in [6, 6.07) is 1.71. The summed E-state index contributed by atoms with van der Waals surface area (Å²) in [5.41, 5.74) is 0.998. The molecule has 0 spiro atoms. The van der Waals surface area contributed by atoms with Crippen molar-refractivity contribution in [2.24, 2.45) is 0 Å². The number of nitrogens with zero attached hydrogens (tertiary/aromatic N) is 1. The number of thiophene rings is 1. The maximum atomic E-state index is 12.2. The van der Waals surface area contributed by atoms with Crippen molar-refractivity contribution in [3.05, 3.63) is 28.1 Å². The SMILES string of the molecule is CCCNCc1sc(S(=O)(=O)Nc2nccs2)cc1C. The molecule has 0 bridgehead atoms. The minimum absolute atomic E-state index is 0.332. The van der Waals surface area contributed by atoms with E-state index in [1.165, 1.54) is 22.7 Å². The van der Waals surface area contributed by atoms with E-state index < -0.39 is 10.0 Å². The van der Waals surface area contributed by atoms with E-state index in [-0.39, 0.29) is 0 Å². The van der Waals surface area contributed by atoms with Crippen LogP contribution in [-0.2, 0) is 16.6 Å². The normalized spacial score (nSPS) is 11.7. The molecule has 0 radical (unpaired) electrons. The Bertz CT molecular complexity index is 648. The first-order valence-corrected chi connectivity index (χ1v) is 9.43. The van der Waals surface area contributed by atoms with E-state index >= 15 is 0 Å². The molecule has 0 saturated heterocycles. The van der Waals surface area contributed by atoms with E-state index in [9.17, 15) is 8.42 Å². The minimum Gasteiger partial charge on any atom is -0.312 e. The molecule has 0 amide bonds. The summed E-state index contributed by atoms with van der Waals surface area (Å²) in [6.07, 6.45) is 2.63. The van der Waals surface area contributed by atoms with Gasteiger partial charge in [-0.25, -0.2) is 13.4 Å². The predicted molar refractivity (Wildman–Crippen MR) is 84.0 cm³/mol. The molecule has 20 heavy (non-hydrogen) atoms. The molecular weight excluding hydrogens is 314 g/mol. The van der Waals surface area contributed by atoms with E-state index in [0.29, 0.717) is 15.9 Å². The van der Waals surface area contributed by atoms with Crippen LogP contribution in [0.4, 0.5) is 5.13 Å². The Morgan fingerprint density at radius 1 is 1.40 bits per heavy atom. The average Bonchev–Trinajstić information content (AvgIpc) is 3.00. The Balaban J connectivity index is 2.14. The van der Waals surface area contributed by atoms with Gasteiger partial charge in [0, 0.05) is 23.0 Å². The first kappa shape index (κ1) is 15.4. The van der Waals surface area contributed by atoms with Crippen molar-refractivity contribution in [1.82, 2.24) is 10.3 Å². The van der Waals surface area contributed by atoms with Crippen LogP contribution in [0.15, 0.2) is 21.9 Å². The topological polar surface area (TPSA) is 71.1 Å². The fourth-order valence-corrected chi connectivity index (χ4v) is 4.96. The molecule has 2 aromatic rings. The Morgan fingerprint density at radius 3 is 2.85 bits per heavy atom. The number of hydrogen-bond donors (Lipinski definition) is 2. The van der Waals surface area contributed by atoms with Gasteiger partial charge in [0.05, 0.1) is 0 Å². The van der Waals surface area contributed by atoms with Gasteiger partial charge in [0.1, 0.15) is 4.21 Å². The summed E-state index contributed by atoms with van der Waals surface area (Å²) in [6.45, 7) is 5.66. The van der Waals surface area contributed by atoms with Crippen molar-refractivity contribution >= 4 is 37.8 Å². The molecule has 2 aromatic heterocycles. The zero-order chi connectivity index (χ0) is 14.6. The van der Waals surface area contributed by atoms with E-state index in [0.717, 1.165) is 23.4 Å². The van der Waals surface area contributed by atoms with Gasteiger partial charge in [-0.1, -0.05) is 6.92 Å². The first-order valence-electron chi connectivity index (χ1n) is 6.25. The molecule has 8 heteroatoms. The lowest BCUT2D eigenvalue weighted by molar-refractivity contribution is 0.603. The van der Waals surface area contributed by atoms with E-state index in [2.05, 4.69) is 21.9 Å². The van der Waals surface area contributed by atoms with Crippen molar-refractivity contribution in [1.29, 1.82) is 0 Å². The van der Waals surface area contributed by atoms with Crippen molar-refractivity contribution in [3.8, 4) is 0 Å². The van der Waals surface area contributed by atoms with Crippen LogP contribution in [0.2, 0.25) is 0 Å². The molecule has 0 aliphatic rings. The van der Waals surface area contributed by atoms with Gasteiger partial charge < -0.3 is 5.32 Å². The highest BCUT2D eigenvalue weighted by Crippen LogP contribution is 2.28. The van der Waals surface area contributed by atoms with Crippen molar-refractivity contribution < 1.29 is 8.42 Å². The second-order valence-electron chi connectivity index (χ2n) is 4.29. The van der Waals surface area contributed by atoms with Crippen molar-refractivity contribution in [2.75, 3.05) is 11.3 Å². The summed E-state index contributed by atoms with van der Waals surface area (Å²) in [5.74, 6) is 0. The monoisotopic (exact) mass is 331 g/mol. The van der Waals surface area contributed by atoms with Crippen LogP contribution in [-0.4, -0.2) is 19.9 Å². The molecule has 0 aromatic carbocycles. The van der Waals surface area contributed by atoms with Crippen molar-refractivity contribution in [3.63, 3.8) is 0 Å². The van der Waals surface area contributed by atoms with Gasteiger partial charge in [0.15, 0.2) is 5.13 Å². The quantitative estimate of drug-likeness (QED) is 0.765. The molecule has 2 heterocycles. The lowest BCUT2D eigenvalue weighted by atomic mass is 10.3. The highest BCUT2D eigenvalue weighted by molar-refractivity contribution is 7.94. The fraction of sp³-hybridized carbons (Fsp3) is 0.417.